The predicted molar refractivity (Wildman–Crippen MR) is 102 cm³/mol. The topological polar surface area (TPSA) is 20.5 Å². The van der Waals surface area contributed by atoms with Gasteiger partial charge in [0.15, 0.2) is 0 Å². The van der Waals surface area contributed by atoms with E-state index in [0.29, 0.717) is 12.8 Å². The average Bonchev–Trinajstić information content (AvgIpc) is 3.05. The van der Waals surface area contributed by atoms with Crippen molar-refractivity contribution >= 4 is 16.9 Å². The van der Waals surface area contributed by atoms with Crippen LogP contribution in [0.2, 0.25) is 0 Å². The Balaban J connectivity index is 1.59. The molecule has 1 aliphatic rings. The van der Waals surface area contributed by atoms with Crippen LogP contribution in [0.1, 0.15) is 25.3 Å². The fourth-order valence-corrected chi connectivity index (χ4v) is 3.34. The second-order valence-corrected chi connectivity index (χ2v) is 6.80. The number of anilines is 1. The first-order valence-corrected chi connectivity index (χ1v) is 8.74. The number of alkyl halides is 1. The maximum atomic E-state index is 13.3. The normalized spacial score (nSPS) is 15.7. The molecular formula is C21H22FN3. The van der Waals surface area contributed by atoms with Crippen LogP contribution in [0.3, 0.4) is 0 Å². The van der Waals surface area contributed by atoms with Gasteiger partial charge in [-0.25, -0.2) is 9.37 Å². The zero-order valence-electron chi connectivity index (χ0n) is 14.5. The number of benzene rings is 1. The molecule has 1 fully saturated rings. The minimum atomic E-state index is -0.641. The van der Waals surface area contributed by atoms with Gasteiger partial charge in [0.2, 0.25) is 0 Å². The fraction of sp³-hybridized carbons (Fsp3) is 0.286. The van der Waals surface area contributed by atoms with E-state index < -0.39 is 6.17 Å². The molecule has 0 atom stereocenters. The van der Waals surface area contributed by atoms with Crippen molar-refractivity contribution in [3.63, 3.8) is 0 Å². The van der Waals surface area contributed by atoms with Gasteiger partial charge < -0.3 is 9.30 Å². The zero-order valence-corrected chi connectivity index (χ0v) is 14.5. The molecule has 3 nitrogen and oxygen atoms in total. The van der Waals surface area contributed by atoms with Crippen LogP contribution in [0, 0.1) is 0 Å². The van der Waals surface area contributed by atoms with Crippen LogP contribution >= 0.6 is 0 Å². The summed E-state index contributed by atoms with van der Waals surface area (Å²) in [5.41, 5.74) is 6.26. The summed E-state index contributed by atoms with van der Waals surface area (Å²) >= 11 is 0. The minimum Gasteiger partial charge on any atom is -0.371 e. The number of rotatable bonds is 3. The predicted octanol–water partition coefficient (Wildman–Crippen LogP) is 4.97. The molecule has 3 heterocycles. The summed E-state index contributed by atoms with van der Waals surface area (Å²) in [7, 11) is 0. The molecular weight excluding hydrogens is 313 g/mol. The lowest BCUT2D eigenvalue weighted by Crippen LogP contribution is -2.34. The smallest absolute Gasteiger partial charge is 0.138 e. The van der Waals surface area contributed by atoms with Crippen molar-refractivity contribution in [1.82, 2.24) is 9.38 Å². The van der Waals surface area contributed by atoms with E-state index in [-0.39, 0.29) is 0 Å². The summed E-state index contributed by atoms with van der Waals surface area (Å²) in [5, 5.41) is 0. The summed E-state index contributed by atoms with van der Waals surface area (Å²) in [6.07, 6.45) is 4.67. The van der Waals surface area contributed by atoms with Gasteiger partial charge in [0.25, 0.3) is 0 Å². The maximum absolute atomic E-state index is 13.3. The van der Waals surface area contributed by atoms with Crippen molar-refractivity contribution in [2.24, 2.45) is 0 Å². The third kappa shape index (κ3) is 3.16. The minimum absolute atomic E-state index is 0.624. The molecule has 3 aromatic rings. The van der Waals surface area contributed by atoms with Crippen LogP contribution in [0.15, 0.2) is 55.4 Å². The number of hydrogen-bond acceptors (Lipinski definition) is 2. The molecule has 4 rings (SSSR count). The van der Waals surface area contributed by atoms with Gasteiger partial charge in [-0.2, -0.15) is 0 Å². The van der Waals surface area contributed by atoms with E-state index in [2.05, 4.69) is 47.9 Å². The first-order valence-electron chi connectivity index (χ1n) is 8.74. The molecule has 0 bridgehead atoms. The second-order valence-electron chi connectivity index (χ2n) is 6.80. The second kappa shape index (κ2) is 6.36. The molecule has 2 aromatic heterocycles. The number of aromatic nitrogens is 2. The Bertz CT molecular complexity index is 903. The highest BCUT2D eigenvalue weighted by atomic mass is 19.1. The molecule has 1 saturated heterocycles. The van der Waals surface area contributed by atoms with Gasteiger partial charge in [0.05, 0.1) is 5.69 Å². The van der Waals surface area contributed by atoms with Crippen LogP contribution < -0.4 is 4.90 Å². The molecule has 128 valence electrons. The number of imidazole rings is 1. The lowest BCUT2D eigenvalue weighted by molar-refractivity contribution is 0.277. The largest absolute Gasteiger partial charge is 0.371 e. The number of halogens is 1. The third-order valence-electron chi connectivity index (χ3n) is 4.91. The Morgan fingerprint density at radius 2 is 1.88 bits per heavy atom. The highest BCUT2D eigenvalue weighted by molar-refractivity contribution is 5.69. The zero-order chi connectivity index (χ0) is 17.4. The first-order chi connectivity index (χ1) is 12.1. The number of nitrogens with zero attached hydrogens (tertiary/aromatic N) is 3. The average molecular weight is 335 g/mol. The van der Waals surface area contributed by atoms with Crippen molar-refractivity contribution in [2.75, 3.05) is 18.0 Å². The molecule has 1 aromatic carbocycles. The van der Waals surface area contributed by atoms with E-state index in [4.69, 9.17) is 4.98 Å². The Hall–Kier alpha value is -2.62. The van der Waals surface area contributed by atoms with Crippen LogP contribution in [0.4, 0.5) is 10.1 Å². The van der Waals surface area contributed by atoms with Crippen LogP contribution in [0.5, 0.6) is 0 Å². The summed E-state index contributed by atoms with van der Waals surface area (Å²) in [4.78, 5) is 6.99. The van der Waals surface area contributed by atoms with Gasteiger partial charge in [-0.3, -0.25) is 0 Å². The Kier molecular flexibility index (Phi) is 4.04. The lowest BCUT2D eigenvalue weighted by atomic mass is 10.1. The van der Waals surface area contributed by atoms with Crippen LogP contribution in [-0.4, -0.2) is 28.6 Å². The van der Waals surface area contributed by atoms with Crippen LogP contribution in [-0.2, 0) is 0 Å². The summed E-state index contributed by atoms with van der Waals surface area (Å²) in [5.74, 6) is 0. The van der Waals surface area contributed by atoms with Gasteiger partial charge in [-0.1, -0.05) is 24.3 Å². The van der Waals surface area contributed by atoms with Gasteiger partial charge in [-0.15, -0.1) is 0 Å². The standard InChI is InChI=1S/C21H22FN3/c1-15(2)17-7-10-25-14-20(23-21(25)13-17)16-3-5-19(6-4-16)24-11-8-18(22)9-12-24/h3-7,10,13-14,18H,1,8-9,11-12H2,2H3. The van der Waals surface area contributed by atoms with Gasteiger partial charge in [-0.05, 0) is 49.6 Å². The SMILES string of the molecule is C=C(C)c1ccn2cc(-c3ccc(N4CCC(F)CC4)cc3)nc2c1. The molecule has 0 saturated carbocycles. The van der Waals surface area contributed by atoms with Crippen molar-refractivity contribution in [2.45, 2.75) is 25.9 Å². The number of allylic oxidation sites excluding steroid dienone is 1. The number of pyridine rings is 1. The Morgan fingerprint density at radius 1 is 1.16 bits per heavy atom. The quantitative estimate of drug-likeness (QED) is 0.673. The molecule has 0 unspecified atom stereocenters. The highest BCUT2D eigenvalue weighted by Crippen LogP contribution is 2.26. The molecule has 0 amide bonds. The molecule has 0 radical (unpaired) electrons. The van der Waals surface area contributed by atoms with E-state index in [9.17, 15) is 4.39 Å². The maximum Gasteiger partial charge on any atom is 0.138 e. The number of hydrogen-bond donors (Lipinski definition) is 0. The molecule has 4 heteroatoms. The van der Waals surface area contributed by atoms with Crippen molar-refractivity contribution in [3.8, 4) is 11.3 Å². The summed E-state index contributed by atoms with van der Waals surface area (Å²) in [6.45, 7) is 7.57. The molecule has 0 N–H and O–H groups in total. The number of piperidine rings is 1. The third-order valence-corrected chi connectivity index (χ3v) is 4.91. The van der Waals surface area contributed by atoms with Gasteiger partial charge in [0.1, 0.15) is 11.8 Å². The van der Waals surface area contributed by atoms with Crippen molar-refractivity contribution in [1.29, 1.82) is 0 Å². The lowest BCUT2D eigenvalue weighted by Gasteiger charge is -2.30. The molecule has 0 aliphatic carbocycles. The molecule has 0 spiro atoms. The molecule has 25 heavy (non-hydrogen) atoms. The Labute approximate surface area is 147 Å². The van der Waals surface area contributed by atoms with Crippen molar-refractivity contribution in [3.05, 3.63) is 60.9 Å². The van der Waals surface area contributed by atoms with E-state index in [1.54, 1.807) is 0 Å². The fourth-order valence-electron chi connectivity index (χ4n) is 3.34. The van der Waals surface area contributed by atoms with Crippen LogP contribution in [0.25, 0.3) is 22.5 Å². The van der Waals surface area contributed by atoms with Crippen molar-refractivity contribution < 1.29 is 4.39 Å². The highest BCUT2D eigenvalue weighted by Gasteiger charge is 2.18. The Morgan fingerprint density at radius 3 is 2.56 bits per heavy atom. The number of fused-ring (bicyclic) bond motifs is 1. The van der Waals surface area contributed by atoms with Gasteiger partial charge >= 0.3 is 0 Å². The van der Waals surface area contributed by atoms with E-state index in [1.165, 1.54) is 0 Å². The van der Waals surface area contributed by atoms with E-state index in [0.717, 1.165) is 46.8 Å². The summed E-state index contributed by atoms with van der Waals surface area (Å²) < 4.78 is 15.3. The van der Waals surface area contributed by atoms with E-state index >= 15 is 0 Å². The summed E-state index contributed by atoms with van der Waals surface area (Å²) in [6, 6.07) is 12.5. The van der Waals surface area contributed by atoms with E-state index in [1.807, 2.05) is 23.7 Å². The van der Waals surface area contributed by atoms with Gasteiger partial charge in [0, 0.05) is 36.7 Å². The first kappa shape index (κ1) is 15.9. The molecule has 1 aliphatic heterocycles. The monoisotopic (exact) mass is 335 g/mol.